The lowest BCUT2D eigenvalue weighted by atomic mass is 10.0. The molecule has 2 rings (SSSR count). The molecule has 14 nitrogen and oxygen atoms in total. The first-order valence-corrected chi connectivity index (χ1v) is 15.6. The summed E-state index contributed by atoms with van der Waals surface area (Å²) in [4.78, 5) is 72.4. The molecular formula is C33H52N6O8. The lowest BCUT2D eigenvalue weighted by Gasteiger charge is -2.19. The van der Waals surface area contributed by atoms with Gasteiger partial charge in [-0.05, 0) is 42.5 Å². The second-order valence-corrected chi connectivity index (χ2v) is 9.55. The maximum atomic E-state index is 13.0. The Morgan fingerprint density at radius 2 is 1.57 bits per heavy atom. The number of nitrogens with zero attached hydrogens (tertiary/aromatic N) is 1. The number of hydrogen-bond donors (Lipinski definition) is 6. The fourth-order valence-corrected chi connectivity index (χ4v) is 3.79. The molecule has 1 aromatic rings. The zero-order valence-electron chi connectivity index (χ0n) is 28.2. The number of nitrogens with one attached hydrogen (secondary N) is 4. The first-order valence-electron chi connectivity index (χ1n) is 15.6. The van der Waals surface area contributed by atoms with Crippen molar-refractivity contribution >= 4 is 41.3 Å². The summed E-state index contributed by atoms with van der Waals surface area (Å²) in [7, 11) is 0. The van der Waals surface area contributed by atoms with Crippen LogP contribution in [-0.4, -0.2) is 84.5 Å². The standard InChI is InChI=1S/C26H36N6O8.C3H8.C2H6.C2H2/c1-2-17-14-19(6-5-18(17)16-33)30-25(38)20(4-3-10-28-26(27)39)31-22(35)15-29-21(34)9-12-40-13-11-32-23(36)7-8-24(32)37;1-3-2;2*1-2/h5-8,14,20,33H,2-4,9-13,15-16H2,1H3,(H,29,34)(H,30,38)(H,31,35)(H3,27,28,39);3H2,1-2H3;1-2H3;1-2H/t20-;;;/m0.../s1. The predicted molar refractivity (Wildman–Crippen MR) is 181 cm³/mol. The van der Waals surface area contributed by atoms with Crippen LogP contribution in [-0.2, 0) is 41.7 Å². The third-order valence-electron chi connectivity index (χ3n) is 5.92. The van der Waals surface area contributed by atoms with E-state index in [1.807, 2.05) is 20.8 Å². The number of carbonyl (C=O) groups is 6. The SMILES string of the molecule is C#C.CC.CCC.CCc1cc(NC(=O)[C@H](CCCNC(N)=O)NC(=O)CNC(=O)CCOCCN2C(=O)C=CC2=O)ccc1CO. The Kier molecular flexibility index (Phi) is 26.0. The highest BCUT2D eigenvalue weighted by molar-refractivity contribution is 6.12. The second-order valence-electron chi connectivity index (χ2n) is 9.55. The van der Waals surface area contributed by atoms with Crippen molar-refractivity contribution < 1.29 is 38.6 Å². The van der Waals surface area contributed by atoms with Gasteiger partial charge in [0.15, 0.2) is 0 Å². The molecule has 0 radical (unpaired) electrons. The van der Waals surface area contributed by atoms with Crippen LogP contribution in [0.3, 0.4) is 0 Å². The molecule has 0 fully saturated rings. The van der Waals surface area contributed by atoms with Gasteiger partial charge in [-0.15, -0.1) is 12.8 Å². The number of terminal acetylenes is 1. The molecule has 0 unspecified atom stereocenters. The lowest BCUT2D eigenvalue weighted by Crippen LogP contribution is -2.47. The van der Waals surface area contributed by atoms with Crippen molar-refractivity contribution in [2.24, 2.45) is 5.73 Å². The number of benzene rings is 1. The van der Waals surface area contributed by atoms with Gasteiger partial charge in [-0.25, -0.2) is 4.79 Å². The van der Waals surface area contributed by atoms with Crippen molar-refractivity contribution in [3.63, 3.8) is 0 Å². The summed E-state index contributed by atoms with van der Waals surface area (Å²) >= 11 is 0. The number of primary amides is 1. The molecule has 0 saturated carbocycles. The number of nitrogens with two attached hydrogens (primary N) is 1. The van der Waals surface area contributed by atoms with Crippen LogP contribution in [0.5, 0.6) is 0 Å². The van der Waals surface area contributed by atoms with Gasteiger partial charge in [-0.3, -0.25) is 28.9 Å². The minimum atomic E-state index is -0.962. The van der Waals surface area contributed by atoms with Crippen LogP contribution in [0.4, 0.5) is 10.5 Å². The number of carbonyl (C=O) groups excluding carboxylic acids is 6. The minimum Gasteiger partial charge on any atom is -0.392 e. The fourth-order valence-electron chi connectivity index (χ4n) is 3.79. The van der Waals surface area contributed by atoms with E-state index in [9.17, 15) is 33.9 Å². The second kappa shape index (κ2) is 27.6. The van der Waals surface area contributed by atoms with Gasteiger partial charge in [-0.2, -0.15) is 0 Å². The third kappa shape index (κ3) is 19.4. The highest BCUT2D eigenvalue weighted by Crippen LogP contribution is 2.17. The molecule has 7 N–H and O–H groups in total. The van der Waals surface area contributed by atoms with Gasteiger partial charge in [0.2, 0.25) is 17.7 Å². The van der Waals surface area contributed by atoms with Crippen LogP contribution >= 0.6 is 0 Å². The molecule has 0 aromatic heterocycles. The van der Waals surface area contributed by atoms with E-state index in [1.54, 1.807) is 18.2 Å². The van der Waals surface area contributed by atoms with E-state index < -0.39 is 41.6 Å². The van der Waals surface area contributed by atoms with Crippen molar-refractivity contribution in [3.8, 4) is 12.8 Å². The molecule has 1 aliphatic rings. The summed E-state index contributed by atoms with van der Waals surface area (Å²) in [5.74, 6) is -2.39. The van der Waals surface area contributed by atoms with Crippen molar-refractivity contribution in [2.45, 2.75) is 79.4 Å². The predicted octanol–water partition coefficient (Wildman–Crippen LogP) is 1.75. The summed E-state index contributed by atoms with van der Waals surface area (Å²) in [6.07, 6.45) is 12.7. The first-order chi connectivity index (χ1) is 22.6. The van der Waals surface area contributed by atoms with Gasteiger partial charge in [0.1, 0.15) is 6.04 Å². The zero-order valence-corrected chi connectivity index (χ0v) is 28.2. The molecule has 0 aliphatic carbocycles. The number of hydrogen-bond acceptors (Lipinski definition) is 8. The largest absolute Gasteiger partial charge is 0.392 e. The Bertz CT molecular complexity index is 1170. The van der Waals surface area contributed by atoms with E-state index >= 15 is 0 Å². The summed E-state index contributed by atoms with van der Waals surface area (Å²) in [5, 5.41) is 19.7. The first kappa shape index (κ1) is 44.4. The summed E-state index contributed by atoms with van der Waals surface area (Å²) in [5.41, 5.74) is 7.18. The molecule has 1 aromatic carbocycles. The van der Waals surface area contributed by atoms with Crippen molar-refractivity contribution in [2.75, 3.05) is 38.2 Å². The summed E-state index contributed by atoms with van der Waals surface area (Å²) < 4.78 is 5.28. The van der Waals surface area contributed by atoms with E-state index in [1.165, 1.54) is 18.6 Å². The number of aliphatic hydroxyl groups excluding tert-OH is 1. The molecule has 1 atom stereocenters. The van der Waals surface area contributed by atoms with E-state index in [2.05, 4.69) is 48.0 Å². The number of imide groups is 1. The third-order valence-corrected chi connectivity index (χ3v) is 5.92. The van der Waals surface area contributed by atoms with Gasteiger partial charge >= 0.3 is 6.03 Å². The Balaban J connectivity index is 0. The number of rotatable bonds is 17. The topological polar surface area (TPSA) is 209 Å². The fraction of sp³-hybridized carbons (Fsp3) is 0.515. The molecule has 0 bridgehead atoms. The van der Waals surface area contributed by atoms with Gasteiger partial charge in [0, 0.05) is 30.8 Å². The molecular weight excluding hydrogens is 608 g/mol. The van der Waals surface area contributed by atoms with Gasteiger partial charge < -0.3 is 36.8 Å². The van der Waals surface area contributed by atoms with Crippen LogP contribution in [0, 0.1) is 12.8 Å². The Morgan fingerprint density at radius 3 is 2.13 bits per heavy atom. The van der Waals surface area contributed by atoms with E-state index in [0.29, 0.717) is 18.5 Å². The maximum absolute atomic E-state index is 13.0. The number of amides is 7. The summed E-state index contributed by atoms with van der Waals surface area (Å²) in [6, 6.07) is 3.44. The van der Waals surface area contributed by atoms with Gasteiger partial charge in [0.05, 0.1) is 32.9 Å². The number of aliphatic hydroxyl groups is 1. The zero-order chi connectivity index (χ0) is 36.2. The molecule has 0 saturated heterocycles. The molecule has 1 heterocycles. The Morgan fingerprint density at radius 1 is 0.957 bits per heavy atom. The summed E-state index contributed by atoms with van der Waals surface area (Å²) in [6.45, 7) is 10.0. The van der Waals surface area contributed by atoms with Crippen molar-refractivity contribution in [1.29, 1.82) is 0 Å². The maximum Gasteiger partial charge on any atom is 0.312 e. The average Bonchev–Trinajstić information content (AvgIpc) is 3.39. The number of aryl methyl sites for hydroxylation is 1. The van der Waals surface area contributed by atoms with Crippen LogP contribution < -0.4 is 27.0 Å². The lowest BCUT2D eigenvalue weighted by molar-refractivity contribution is -0.138. The number of ether oxygens (including phenoxy) is 1. The van der Waals surface area contributed by atoms with Crippen LogP contribution in [0.1, 0.15) is 71.4 Å². The normalized spacial score (nSPS) is 11.8. The quantitative estimate of drug-likeness (QED) is 0.0822. The molecule has 14 heteroatoms. The molecule has 0 spiro atoms. The van der Waals surface area contributed by atoms with Crippen LogP contribution in [0.25, 0.3) is 0 Å². The van der Waals surface area contributed by atoms with Crippen LogP contribution in [0.15, 0.2) is 30.4 Å². The molecule has 7 amide bonds. The number of urea groups is 1. The smallest absolute Gasteiger partial charge is 0.312 e. The highest BCUT2D eigenvalue weighted by atomic mass is 16.5. The highest BCUT2D eigenvalue weighted by Gasteiger charge is 2.23. The Labute approximate surface area is 278 Å². The molecule has 1 aliphatic heterocycles. The van der Waals surface area contributed by atoms with Crippen LogP contribution in [0.2, 0.25) is 0 Å². The number of anilines is 1. The van der Waals surface area contributed by atoms with Crippen molar-refractivity contribution in [1.82, 2.24) is 20.9 Å². The van der Waals surface area contributed by atoms with Gasteiger partial charge in [0.25, 0.3) is 11.8 Å². The molecule has 47 heavy (non-hydrogen) atoms. The molecule has 262 valence electrons. The monoisotopic (exact) mass is 660 g/mol. The Hall–Kier alpha value is -4.74. The van der Waals surface area contributed by atoms with E-state index in [4.69, 9.17) is 10.5 Å². The van der Waals surface area contributed by atoms with Crippen molar-refractivity contribution in [3.05, 3.63) is 41.5 Å². The van der Waals surface area contributed by atoms with E-state index in [0.717, 1.165) is 16.0 Å². The average molecular weight is 661 g/mol. The van der Waals surface area contributed by atoms with E-state index in [-0.39, 0.29) is 52.3 Å². The minimum absolute atomic E-state index is 0.0177. The van der Waals surface area contributed by atoms with Gasteiger partial charge in [-0.1, -0.05) is 47.1 Å².